The first kappa shape index (κ1) is 23.7. The van der Waals surface area contributed by atoms with E-state index in [0.29, 0.717) is 6.61 Å². The molecule has 0 amide bonds. The quantitative estimate of drug-likeness (QED) is 0.247. The predicted octanol–water partition coefficient (Wildman–Crippen LogP) is 8.33. The van der Waals surface area contributed by atoms with Gasteiger partial charge in [0.15, 0.2) is 0 Å². The number of rotatable bonds is 12. The minimum Gasteiger partial charge on any atom is -0.380 e. The van der Waals surface area contributed by atoms with E-state index in [2.05, 4.69) is 60.7 Å². The first-order valence-corrected chi connectivity index (χ1v) is 12.2. The predicted molar refractivity (Wildman–Crippen MR) is 130 cm³/mol. The van der Waals surface area contributed by atoms with Crippen LogP contribution in [0.25, 0.3) is 11.1 Å². The van der Waals surface area contributed by atoms with E-state index in [1.165, 1.54) is 60.8 Å². The number of aryl methyl sites for hydroxylation is 1. The maximum atomic E-state index is 12.1. The fourth-order valence-electron chi connectivity index (χ4n) is 4.69. The van der Waals surface area contributed by atoms with Gasteiger partial charge in [-0.2, -0.15) is 0 Å². The van der Waals surface area contributed by atoms with E-state index < -0.39 is 0 Å². The molecule has 2 aromatic carbocycles. The number of allylic oxidation sites excluding steroid dienone is 2. The average Bonchev–Trinajstić information content (AvgIpc) is 2.82. The van der Waals surface area contributed by atoms with Crippen molar-refractivity contribution in [3.8, 4) is 11.1 Å². The molecule has 0 spiro atoms. The Hall–Kier alpha value is -1.93. The van der Waals surface area contributed by atoms with Gasteiger partial charge in [0.1, 0.15) is 0 Å². The molecule has 3 rings (SSSR count). The first-order valence-electron chi connectivity index (χ1n) is 12.2. The zero-order valence-corrected chi connectivity index (χ0v) is 19.2. The standard InChI is InChI=1S/C29H39FO/c1-31-23-27-16-20-29(21-17-27)28-18-14-26(15-19-28)13-12-25-10-8-24(9-11-25)7-5-3-2-4-6-22-30/h5,7,14-21,24-25H,2-4,6,8-13,22-23H2,1H3. The van der Waals surface area contributed by atoms with Gasteiger partial charge < -0.3 is 4.74 Å². The van der Waals surface area contributed by atoms with Crippen LogP contribution in [0.2, 0.25) is 0 Å². The van der Waals surface area contributed by atoms with Crippen molar-refractivity contribution in [2.24, 2.45) is 11.8 Å². The van der Waals surface area contributed by atoms with E-state index in [0.717, 1.165) is 37.5 Å². The fourth-order valence-corrected chi connectivity index (χ4v) is 4.69. The van der Waals surface area contributed by atoms with Gasteiger partial charge in [-0.05, 0) is 91.9 Å². The summed E-state index contributed by atoms with van der Waals surface area (Å²) >= 11 is 0. The normalized spacial score (nSPS) is 19.2. The summed E-state index contributed by atoms with van der Waals surface area (Å²) in [6, 6.07) is 17.8. The molecular formula is C29H39FO. The van der Waals surface area contributed by atoms with E-state index in [1.54, 1.807) is 7.11 Å². The minimum absolute atomic E-state index is 0.166. The summed E-state index contributed by atoms with van der Waals surface area (Å²) in [5.41, 5.74) is 5.21. The van der Waals surface area contributed by atoms with Gasteiger partial charge in [0.2, 0.25) is 0 Å². The molecule has 0 atom stereocenters. The lowest BCUT2D eigenvalue weighted by molar-refractivity contribution is 0.185. The zero-order valence-electron chi connectivity index (χ0n) is 19.2. The van der Waals surface area contributed by atoms with E-state index in [4.69, 9.17) is 4.74 Å². The number of hydrogen-bond donors (Lipinski definition) is 0. The van der Waals surface area contributed by atoms with Gasteiger partial charge in [-0.3, -0.25) is 4.39 Å². The van der Waals surface area contributed by atoms with E-state index in [1.807, 2.05) is 0 Å². The molecule has 0 aliphatic heterocycles. The van der Waals surface area contributed by atoms with Crippen LogP contribution in [0.5, 0.6) is 0 Å². The van der Waals surface area contributed by atoms with Gasteiger partial charge in [-0.1, -0.05) is 67.1 Å². The second-order valence-electron chi connectivity index (χ2n) is 9.11. The molecule has 1 fully saturated rings. The SMILES string of the molecule is COCc1ccc(-c2ccc(CCC3CCC(C=CCCCCCF)CC3)cc2)cc1. The number of benzene rings is 2. The lowest BCUT2D eigenvalue weighted by Crippen LogP contribution is -2.13. The summed E-state index contributed by atoms with van der Waals surface area (Å²) in [4.78, 5) is 0. The maximum Gasteiger partial charge on any atom is 0.0894 e. The molecule has 0 heterocycles. The monoisotopic (exact) mass is 422 g/mol. The number of hydrogen-bond acceptors (Lipinski definition) is 1. The molecule has 1 saturated carbocycles. The summed E-state index contributed by atoms with van der Waals surface area (Å²) in [6.07, 6.45) is 16.7. The van der Waals surface area contributed by atoms with Crippen LogP contribution in [0.1, 0.15) is 68.9 Å². The third-order valence-corrected chi connectivity index (χ3v) is 6.70. The summed E-state index contributed by atoms with van der Waals surface area (Å²) in [6.45, 7) is 0.500. The molecule has 1 nitrogen and oxygen atoms in total. The summed E-state index contributed by atoms with van der Waals surface area (Å²) in [5, 5.41) is 0. The topological polar surface area (TPSA) is 9.23 Å². The Bertz CT molecular complexity index is 754. The van der Waals surface area contributed by atoms with Gasteiger partial charge in [0, 0.05) is 7.11 Å². The minimum atomic E-state index is -0.166. The van der Waals surface area contributed by atoms with Crippen molar-refractivity contribution < 1.29 is 9.13 Å². The molecule has 0 bridgehead atoms. The number of alkyl halides is 1. The summed E-state index contributed by atoms with van der Waals surface area (Å²) < 4.78 is 17.3. The number of unbranched alkanes of at least 4 members (excludes halogenated alkanes) is 3. The van der Waals surface area contributed by atoms with Gasteiger partial charge in [-0.15, -0.1) is 0 Å². The third-order valence-electron chi connectivity index (χ3n) is 6.70. The maximum absolute atomic E-state index is 12.1. The highest BCUT2D eigenvalue weighted by molar-refractivity contribution is 5.63. The van der Waals surface area contributed by atoms with E-state index >= 15 is 0 Å². The van der Waals surface area contributed by atoms with Crippen molar-refractivity contribution in [1.82, 2.24) is 0 Å². The van der Waals surface area contributed by atoms with Crippen LogP contribution in [0.4, 0.5) is 4.39 Å². The molecule has 0 aromatic heterocycles. The van der Waals surface area contributed by atoms with Gasteiger partial charge in [-0.25, -0.2) is 0 Å². The van der Waals surface area contributed by atoms with Crippen molar-refractivity contribution >= 4 is 0 Å². The van der Waals surface area contributed by atoms with Gasteiger partial charge in [0.25, 0.3) is 0 Å². The van der Waals surface area contributed by atoms with Crippen molar-refractivity contribution in [2.45, 2.75) is 70.8 Å². The summed E-state index contributed by atoms with van der Waals surface area (Å²) in [5.74, 6) is 1.65. The van der Waals surface area contributed by atoms with E-state index in [-0.39, 0.29) is 6.67 Å². The number of methoxy groups -OCH3 is 1. The second-order valence-corrected chi connectivity index (χ2v) is 9.11. The molecule has 31 heavy (non-hydrogen) atoms. The molecule has 0 saturated heterocycles. The highest BCUT2D eigenvalue weighted by Crippen LogP contribution is 2.32. The van der Waals surface area contributed by atoms with Gasteiger partial charge in [0.05, 0.1) is 13.3 Å². The van der Waals surface area contributed by atoms with Crippen molar-refractivity contribution in [1.29, 1.82) is 0 Å². The van der Waals surface area contributed by atoms with Crippen molar-refractivity contribution in [2.75, 3.05) is 13.8 Å². The van der Waals surface area contributed by atoms with Crippen LogP contribution >= 0.6 is 0 Å². The Morgan fingerprint density at radius 1 is 0.839 bits per heavy atom. The molecule has 1 aliphatic carbocycles. The molecule has 0 unspecified atom stereocenters. The fraction of sp³-hybridized carbons (Fsp3) is 0.517. The highest BCUT2D eigenvalue weighted by atomic mass is 19.1. The molecular weight excluding hydrogens is 383 g/mol. The molecule has 168 valence electrons. The Labute approximate surface area is 188 Å². The number of ether oxygens (including phenoxy) is 1. The van der Waals surface area contributed by atoms with E-state index in [9.17, 15) is 4.39 Å². The molecule has 0 N–H and O–H groups in total. The van der Waals surface area contributed by atoms with Gasteiger partial charge >= 0.3 is 0 Å². The highest BCUT2D eigenvalue weighted by Gasteiger charge is 2.19. The molecule has 2 aromatic rings. The average molecular weight is 423 g/mol. The van der Waals surface area contributed by atoms with Crippen LogP contribution < -0.4 is 0 Å². The van der Waals surface area contributed by atoms with Crippen LogP contribution in [0.3, 0.4) is 0 Å². The Kier molecular flexibility index (Phi) is 10.3. The molecule has 2 heteroatoms. The molecule has 1 aliphatic rings. The Balaban J connectivity index is 1.36. The van der Waals surface area contributed by atoms with Crippen molar-refractivity contribution in [3.05, 3.63) is 71.8 Å². The van der Waals surface area contributed by atoms with Crippen LogP contribution in [-0.4, -0.2) is 13.8 Å². The van der Waals surface area contributed by atoms with Crippen LogP contribution in [0, 0.1) is 11.8 Å². The Morgan fingerprint density at radius 2 is 1.48 bits per heavy atom. The largest absolute Gasteiger partial charge is 0.380 e. The molecule has 0 radical (unpaired) electrons. The third kappa shape index (κ3) is 8.26. The smallest absolute Gasteiger partial charge is 0.0894 e. The number of halogens is 1. The second kappa shape index (κ2) is 13.5. The van der Waals surface area contributed by atoms with Crippen LogP contribution in [0.15, 0.2) is 60.7 Å². The lowest BCUT2D eigenvalue weighted by atomic mass is 9.79. The first-order chi connectivity index (χ1) is 15.3. The van der Waals surface area contributed by atoms with Crippen molar-refractivity contribution in [3.63, 3.8) is 0 Å². The van der Waals surface area contributed by atoms with Crippen LogP contribution in [-0.2, 0) is 17.8 Å². The lowest BCUT2D eigenvalue weighted by Gasteiger charge is -2.26. The Morgan fingerprint density at radius 3 is 2.10 bits per heavy atom. The summed E-state index contributed by atoms with van der Waals surface area (Å²) in [7, 11) is 1.73. The zero-order chi connectivity index (χ0) is 21.7.